The summed E-state index contributed by atoms with van der Waals surface area (Å²) in [6, 6.07) is 3.33. The van der Waals surface area contributed by atoms with Crippen molar-refractivity contribution < 1.29 is 9.21 Å². The van der Waals surface area contributed by atoms with Crippen molar-refractivity contribution in [3.05, 3.63) is 24.2 Å². The van der Waals surface area contributed by atoms with Gasteiger partial charge in [0.1, 0.15) is 0 Å². The Bertz CT molecular complexity index is 220. The molecule has 0 bridgehead atoms. The van der Waals surface area contributed by atoms with Crippen molar-refractivity contribution in [2.75, 3.05) is 11.0 Å². The lowest BCUT2D eigenvalue weighted by atomic mass is 10.4. The van der Waals surface area contributed by atoms with E-state index in [0.717, 1.165) is 4.43 Å². The van der Waals surface area contributed by atoms with Gasteiger partial charge in [-0.25, -0.2) is 0 Å². The Balaban J connectivity index is 2.43. The monoisotopic (exact) mass is 265 g/mol. The summed E-state index contributed by atoms with van der Waals surface area (Å²) in [5.41, 5.74) is 0. The Morgan fingerprint density at radius 1 is 1.73 bits per heavy atom. The van der Waals surface area contributed by atoms with Gasteiger partial charge in [0, 0.05) is 11.0 Å². The lowest BCUT2D eigenvalue weighted by molar-refractivity contribution is 0.0929. The number of amides is 1. The van der Waals surface area contributed by atoms with Crippen molar-refractivity contribution in [2.24, 2.45) is 0 Å². The molecule has 3 nitrogen and oxygen atoms in total. The quantitative estimate of drug-likeness (QED) is 0.663. The van der Waals surface area contributed by atoms with E-state index in [4.69, 9.17) is 4.42 Å². The maximum absolute atomic E-state index is 11.1. The highest BCUT2D eigenvalue weighted by Crippen LogP contribution is 1.98. The molecule has 1 N–H and O–H groups in total. The van der Waals surface area contributed by atoms with Crippen LogP contribution in [0.2, 0.25) is 0 Å². The smallest absolute Gasteiger partial charge is 0.287 e. The molecule has 0 radical (unpaired) electrons. The highest BCUT2D eigenvalue weighted by molar-refractivity contribution is 14.1. The molecule has 4 heteroatoms. The van der Waals surface area contributed by atoms with E-state index in [1.165, 1.54) is 6.26 Å². The van der Waals surface area contributed by atoms with E-state index in [1.54, 1.807) is 12.1 Å². The zero-order valence-corrected chi connectivity index (χ0v) is 8.00. The first-order valence-electron chi connectivity index (χ1n) is 3.22. The fourth-order valence-electron chi connectivity index (χ4n) is 0.656. The highest BCUT2D eigenvalue weighted by atomic mass is 127. The predicted molar refractivity (Wildman–Crippen MR) is 49.9 cm³/mol. The zero-order chi connectivity index (χ0) is 8.10. The van der Waals surface area contributed by atoms with E-state index in [1.807, 2.05) is 0 Å². The second kappa shape index (κ2) is 4.38. The van der Waals surface area contributed by atoms with Gasteiger partial charge in [-0.15, -0.1) is 0 Å². The number of carbonyl (C=O) groups is 1. The highest BCUT2D eigenvalue weighted by Gasteiger charge is 2.05. The van der Waals surface area contributed by atoms with Gasteiger partial charge in [-0.05, 0) is 12.1 Å². The van der Waals surface area contributed by atoms with E-state index in [-0.39, 0.29) is 5.91 Å². The Kier molecular flexibility index (Phi) is 3.41. The molecule has 11 heavy (non-hydrogen) atoms. The van der Waals surface area contributed by atoms with Gasteiger partial charge in [-0.3, -0.25) is 4.79 Å². The van der Waals surface area contributed by atoms with Crippen molar-refractivity contribution in [3.8, 4) is 0 Å². The van der Waals surface area contributed by atoms with Crippen LogP contribution in [0.5, 0.6) is 0 Å². The van der Waals surface area contributed by atoms with Crippen LogP contribution in [0.1, 0.15) is 10.6 Å². The van der Waals surface area contributed by atoms with Gasteiger partial charge >= 0.3 is 0 Å². The van der Waals surface area contributed by atoms with Gasteiger partial charge < -0.3 is 9.73 Å². The second-order valence-electron chi connectivity index (χ2n) is 1.92. The lowest BCUT2D eigenvalue weighted by Crippen LogP contribution is -2.24. The number of furan rings is 1. The van der Waals surface area contributed by atoms with E-state index in [0.29, 0.717) is 12.3 Å². The van der Waals surface area contributed by atoms with Gasteiger partial charge in [-0.2, -0.15) is 0 Å². The fraction of sp³-hybridized carbons (Fsp3) is 0.286. The second-order valence-corrected chi connectivity index (χ2v) is 3.00. The number of rotatable bonds is 3. The van der Waals surface area contributed by atoms with Gasteiger partial charge in [0.25, 0.3) is 5.91 Å². The van der Waals surface area contributed by atoms with Crippen LogP contribution in [0.15, 0.2) is 22.8 Å². The molecule has 1 aromatic rings. The van der Waals surface area contributed by atoms with Crippen LogP contribution in [0, 0.1) is 0 Å². The molecule has 0 saturated carbocycles. The molecule has 0 aromatic carbocycles. The molecule has 0 spiro atoms. The zero-order valence-electron chi connectivity index (χ0n) is 5.84. The van der Waals surface area contributed by atoms with Crippen molar-refractivity contribution >= 4 is 28.5 Å². The van der Waals surface area contributed by atoms with Gasteiger partial charge in [-0.1, -0.05) is 22.6 Å². The summed E-state index contributed by atoms with van der Waals surface area (Å²) in [6.45, 7) is 0.681. The van der Waals surface area contributed by atoms with Crippen molar-refractivity contribution in [1.29, 1.82) is 0 Å². The maximum atomic E-state index is 11.1. The lowest BCUT2D eigenvalue weighted by Gasteiger charge is -1.97. The SMILES string of the molecule is O=C(NCCI)c1ccco1. The molecule has 0 saturated heterocycles. The first-order valence-corrected chi connectivity index (χ1v) is 4.75. The number of hydrogen-bond acceptors (Lipinski definition) is 2. The van der Waals surface area contributed by atoms with Crippen LogP contribution < -0.4 is 5.32 Å². The number of carbonyl (C=O) groups excluding carboxylic acids is 1. The van der Waals surface area contributed by atoms with Crippen molar-refractivity contribution in [2.45, 2.75) is 0 Å². The summed E-state index contributed by atoms with van der Waals surface area (Å²) >= 11 is 2.19. The largest absolute Gasteiger partial charge is 0.459 e. The Labute approximate surface area is 78.3 Å². The van der Waals surface area contributed by atoms with Crippen LogP contribution >= 0.6 is 22.6 Å². The van der Waals surface area contributed by atoms with Crippen LogP contribution in [0.4, 0.5) is 0 Å². The third-order valence-corrected chi connectivity index (χ3v) is 1.66. The van der Waals surface area contributed by atoms with Crippen LogP contribution in [0.3, 0.4) is 0 Å². The summed E-state index contributed by atoms with van der Waals surface area (Å²) in [5.74, 6) is 0.224. The minimum atomic E-state index is -0.147. The minimum Gasteiger partial charge on any atom is -0.459 e. The average molecular weight is 265 g/mol. The summed E-state index contributed by atoms with van der Waals surface area (Å²) in [5, 5.41) is 2.69. The van der Waals surface area contributed by atoms with Crippen molar-refractivity contribution in [1.82, 2.24) is 5.32 Å². The first-order chi connectivity index (χ1) is 5.34. The molecule has 0 unspecified atom stereocenters. The van der Waals surface area contributed by atoms with Gasteiger partial charge in [0.2, 0.25) is 0 Å². The normalized spacial score (nSPS) is 9.55. The summed E-state index contributed by atoms with van der Waals surface area (Å²) in [4.78, 5) is 11.1. The first kappa shape index (κ1) is 8.58. The minimum absolute atomic E-state index is 0.147. The van der Waals surface area contributed by atoms with E-state index in [2.05, 4.69) is 27.9 Å². The molecular weight excluding hydrogens is 257 g/mol. The Hall–Kier alpha value is -0.520. The molecule has 1 aromatic heterocycles. The molecule has 60 valence electrons. The Morgan fingerprint density at radius 2 is 2.55 bits per heavy atom. The van der Waals surface area contributed by atoms with Crippen LogP contribution in [-0.2, 0) is 0 Å². The number of hydrogen-bond donors (Lipinski definition) is 1. The summed E-state index contributed by atoms with van der Waals surface area (Å²) in [7, 11) is 0. The molecule has 1 heterocycles. The number of halogens is 1. The Morgan fingerprint density at radius 3 is 3.09 bits per heavy atom. The van der Waals surface area contributed by atoms with Gasteiger partial charge in [0.05, 0.1) is 6.26 Å². The summed E-state index contributed by atoms with van der Waals surface area (Å²) in [6.07, 6.45) is 1.49. The van der Waals surface area contributed by atoms with E-state index in [9.17, 15) is 4.79 Å². The van der Waals surface area contributed by atoms with Gasteiger partial charge in [0.15, 0.2) is 5.76 Å². The standard InChI is InChI=1S/C7H8INO2/c8-3-4-9-7(10)6-2-1-5-11-6/h1-2,5H,3-4H2,(H,9,10). The van der Waals surface area contributed by atoms with Crippen LogP contribution in [0.25, 0.3) is 0 Å². The van der Waals surface area contributed by atoms with E-state index >= 15 is 0 Å². The number of alkyl halides is 1. The number of nitrogens with one attached hydrogen (secondary N) is 1. The molecule has 0 aliphatic heterocycles. The third-order valence-electron chi connectivity index (χ3n) is 1.13. The molecule has 0 aliphatic rings. The average Bonchev–Trinajstić information content (AvgIpc) is 2.52. The maximum Gasteiger partial charge on any atom is 0.287 e. The molecule has 1 rings (SSSR count). The molecule has 0 aliphatic carbocycles. The van der Waals surface area contributed by atoms with Crippen molar-refractivity contribution in [3.63, 3.8) is 0 Å². The molecule has 1 amide bonds. The third kappa shape index (κ3) is 2.53. The van der Waals surface area contributed by atoms with E-state index < -0.39 is 0 Å². The van der Waals surface area contributed by atoms with Crippen LogP contribution in [-0.4, -0.2) is 16.9 Å². The predicted octanol–water partition coefficient (Wildman–Crippen LogP) is 1.44. The topological polar surface area (TPSA) is 42.2 Å². The molecule has 0 atom stereocenters. The fourth-order valence-corrected chi connectivity index (χ4v) is 0.925. The molecule has 0 fully saturated rings. The summed E-state index contributed by atoms with van der Waals surface area (Å²) < 4.78 is 5.78. The molecular formula is C7H8INO2.